The number of amides is 1. The molecule has 2 aromatic carbocycles. The van der Waals surface area contributed by atoms with E-state index in [0.29, 0.717) is 5.56 Å². The number of hydrogen-bond donors (Lipinski definition) is 2. The molecule has 0 bridgehead atoms. The summed E-state index contributed by atoms with van der Waals surface area (Å²) in [6.45, 7) is -0.00520. The number of rotatable bonds is 6. The Labute approximate surface area is 131 Å². The number of hydrogen-bond acceptors (Lipinski definition) is 3. The predicted octanol–water partition coefficient (Wildman–Crippen LogP) is 2.90. The van der Waals surface area contributed by atoms with Crippen LogP contribution in [0.25, 0.3) is 0 Å². The Hall–Kier alpha value is -2.54. The highest BCUT2D eigenvalue weighted by atomic mass is 19.4. The standard InChI is InChI=1S/C16H15F3N2O2/c17-16(18,19)23-13-9-5-4-8-12(13)10-21-14(15(20)22)11-6-2-1-3-7-11/h1-9,14,21H,10H2,(H2,20,22). The van der Waals surface area contributed by atoms with Gasteiger partial charge in [0, 0.05) is 12.1 Å². The maximum atomic E-state index is 12.4. The van der Waals surface area contributed by atoms with Gasteiger partial charge in [-0.05, 0) is 11.6 Å². The van der Waals surface area contributed by atoms with Crippen molar-refractivity contribution in [3.05, 3.63) is 65.7 Å². The number of para-hydroxylation sites is 1. The Balaban J connectivity index is 2.14. The van der Waals surface area contributed by atoms with Gasteiger partial charge in [0.2, 0.25) is 5.91 Å². The zero-order chi connectivity index (χ0) is 16.9. The summed E-state index contributed by atoms with van der Waals surface area (Å²) in [6, 6.07) is 13.6. The van der Waals surface area contributed by atoms with Crippen LogP contribution < -0.4 is 15.8 Å². The second-order valence-electron chi connectivity index (χ2n) is 4.78. The van der Waals surface area contributed by atoms with Crippen molar-refractivity contribution in [2.24, 2.45) is 5.73 Å². The normalized spacial score (nSPS) is 12.7. The fraction of sp³-hybridized carbons (Fsp3) is 0.188. The van der Waals surface area contributed by atoms with Crippen molar-refractivity contribution in [2.45, 2.75) is 18.9 Å². The molecule has 0 radical (unpaired) electrons. The van der Waals surface area contributed by atoms with Crippen LogP contribution in [0, 0.1) is 0 Å². The second kappa shape index (κ2) is 7.15. The van der Waals surface area contributed by atoms with Gasteiger partial charge in [-0.2, -0.15) is 0 Å². The lowest BCUT2D eigenvalue weighted by molar-refractivity contribution is -0.274. The van der Waals surface area contributed by atoms with Crippen LogP contribution in [0.1, 0.15) is 17.2 Å². The van der Waals surface area contributed by atoms with Crippen molar-refractivity contribution in [3.8, 4) is 5.75 Å². The van der Waals surface area contributed by atoms with Crippen LogP contribution in [0.3, 0.4) is 0 Å². The topological polar surface area (TPSA) is 64.4 Å². The number of carbonyl (C=O) groups excluding carboxylic acids is 1. The van der Waals surface area contributed by atoms with Gasteiger partial charge in [0.15, 0.2) is 0 Å². The van der Waals surface area contributed by atoms with Gasteiger partial charge in [0.25, 0.3) is 0 Å². The maximum Gasteiger partial charge on any atom is 0.573 e. The Morgan fingerprint density at radius 1 is 1.09 bits per heavy atom. The summed E-state index contributed by atoms with van der Waals surface area (Å²) in [5.41, 5.74) is 6.26. The largest absolute Gasteiger partial charge is 0.573 e. The van der Waals surface area contributed by atoms with E-state index in [1.54, 1.807) is 36.4 Å². The summed E-state index contributed by atoms with van der Waals surface area (Å²) < 4.78 is 41.2. The summed E-state index contributed by atoms with van der Waals surface area (Å²) >= 11 is 0. The van der Waals surface area contributed by atoms with E-state index in [2.05, 4.69) is 10.1 Å². The molecule has 23 heavy (non-hydrogen) atoms. The Kier molecular flexibility index (Phi) is 5.23. The minimum absolute atomic E-state index is 0.00520. The highest BCUT2D eigenvalue weighted by molar-refractivity contribution is 5.81. The minimum Gasteiger partial charge on any atom is -0.405 e. The number of primary amides is 1. The van der Waals surface area contributed by atoms with Crippen LogP contribution in [-0.4, -0.2) is 12.3 Å². The van der Waals surface area contributed by atoms with Crippen molar-refractivity contribution < 1.29 is 22.7 Å². The van der Waals surface area contributed by atoms with Crippen molar-refractivity contribution in [1.82, 2.24) is 5.32 Å². The van der Waals surface area contributed by atoms with Crippen LogP contribution in [0.4, 0.5) is 13.2 Å². The molecule has 0 aromatic heterocycles. The third kappa shape index (κ3) is 5.00. The van der Waals surface area contributed by atoms with Crippen LogP contribution in [0.15, 0.2) is 54.6 Å². The first kappa shape index (κ1) is 16.8. The monoisotopic (exact) mass is 324 g/mol. The number of benzene rings is 2. The lowest BCUT2D eigenvalue weighted by atomic mass is 10.1. The third-order valence-electron chi connectivity index (χ3n) is 3.11. The van der Waals surface area contributed by atoms with E-state index in [1.165, 1.54) is 18.2 Å². The number of ether oxygens (including phenoxy) is 1. The SMILES string of the molecule is NC(=O)C(NCc1ccccc1OC(F)(F)F)c1ccccc1. The molecule has 0 spiro atoms. The van der Waals surface area contributed by atoms with Gasteiger partial charge in [0.1, 0.15) is 11.8 Å². The number of carbonyl (C=O) groups is 1. The molecule has 4 nitrogen and oxygen atoms in total. The molecular formula is C16H15F3N2O2. The summed E-state index contributed by atoms with van der Waals surface area (Å²) in [5, 5.41) is 2.86. The molecule has 0 aliphatic heterocycles. The highest BCUT2D eigenvalue weighted by Crippen LogP contribution is 2.26. The number of halogens is 3. The van der Waals surface area contributed by atoms with Gasteiger partial charge < -0.3 is 10.5 Å². The van der Waals surface area contributed by atoms with E-state index in [4.69, 9.17) is 5.73 Å². The number of alkyl halides is 3. The molecule has 2 aromatic rings. The van der Waals surface area contributed by atoms with Crippen molar-refractivity contribution in [2.75, 3.05) is 0 Å². The summed E-state index contributed by atoms with van der Waals surface area (Å²) in [6.07, 6.45) is -4.78. The van der Waals surface area contributed by atoms with E-state index in [-0.39, 0.29) is 17.9 Å². The van der Waals surface area contributed by atoms with Gasteiger partial charge >= 0.3 is 6.36 Å². The molecule has 0 heterocycles. The smallest absolute Gasteiger partial charge is 0.405 e. The molecule has 0 saturated heterocycles. The van der Waals surface area contributed by atoms with Crippen LogP contribution in [-0.2, 0) is 11.3 Å². The lowest BCUT2D eigenvalue weighted by Gasteiger charge is -2.18. The van der Waals surface area contributed by atoms with E-state index in [9.17, 15) is 18.0 Å². The van der Waals surface area contributed by atoms with E-state index >= 15 is 0 Å². The fourth-order valence-electron chi connectivity index (χ4n) is 2.11. The molecule has 3 N–H and O–H groups in total. The first-order valence-corrected chi connectivity index (χ1v) is 6.78. The first-order valence-electron chi connectivity index (χ1n) is 6.78. The summed E-state index contributed by atoms with van der Waals surface area (Å²) in [7, 11) is 0. The average molecular weight is 324 g/mol. The Morgan fingerprint density at radius 3 is 2.30 bits per heavy atom. The Bertz CT molecular complexity index is 660. The molecule has 0 fully saturated rings. The van der Waals surface area contributed by atoms with Gasteiger partial charge in [-0.15, -0.1) is 13.2 Å². The molecule has 0 aliphatic carbocycles. The van der Waals surface area contributed by atoms with E-state index in [1.807, 2.05) is 0 Å². The van der Waals surface area contributed by atoms with Gasteiger partial charge in [-0.3, -0.25) is 10.1 Å². The van der Waals surface area contributed by atoms with E-state index in [0.717, 1.165) is 0 Å². The Morgan fingerprint density at radius 2 is 1.70 bits per heavy atom. The molecule has 0 aliphatic rings. The summed E-state index contributed by atoms with van der Waals surface area (Å²) in [4.78, 5) is 11.6. The lowest BCUT2D eigenvalue weighted by Crippen LogP contribution is -2.33. The zero-order valence-corrected chi connectivity index (χ0v) is 12.0. The van der Waals surface area contributed by atoms with Crippen LogP contribution in [0.2, 0.25) is 0 Å². The first-order chi connectivity index (χ1) is 10.9. The van der Waals surface area contributed by atoms with Crippen LogP contribution >= 0.6 is 0 Å². The van der Waals surface area contributed by atoms with Crippen LogP contribution in [0.5, 0.6) is 5.75 Å². The minimum atomic E-state index is -4.78. The molecule has 7 heteroatoms. The molecule has 0 saturated carbocycles. The quantitative estimate of drug-likeness (QED) is 0.859. The van der Waals surface area contributed by atoms with Crippen molar-refractivity contribution in [3.63, 3.8) is 0 Å². The van der Waals surface area contributed by atoms with Crippen molar-refractivity contribution >= 4 is 5.91 Å². The van der Waals surface area contributed by atoms with Gasteiger partial charge in [-0.25, -0.2) is 0 Å². The second-order valence-corrected chi connectivity index (χ2v) is 4.78. The predicted molar refractivity (Wildman–Crippen MR) is 78.3 cm³/mol. The molecule has 1 unspecified atom stereocenters. The summed E-state index contributed by atoms with van der Waals surface area (Å²) in [5.74, 6) is -0.936. The van der Waals surface area contributed by atoms with Gasteiger partial charge in [-0.1, -0.05) is 48.5 Å². The molecular weight excluding hydrogens is 309 g/mol. The van der Waals surface area contributed by atoms with Gasteiger partial charge in [0.05, 0.1) is 0 Å². The zero-order valence-electron chi connectivity index (χ0n) is 12.0. The molecule has 122 valence electrons. The molecule has 2 rings (SSSR count). The number of nitrogens with one attached hydrogen (secondary N) is 1. The average Bonchev–Trinajstić information content (AvgIpc) is 2.48. The van der Waals surface area contributed by atoms with Crippen molar-refractivity contribution in [1.29, 1.82) is 0 Å². The molecule has 1 amide bonds. The third-order valence-corrected chi connectivity index (χ3v) is 3.11. The van der Waals surface area contributed by atoms with E-state index < -0.39 is 18.3 Å². The maximum absolute atomic E-state index is 12.4. The highest BCUT2D eigenvalue weighted by Gasteiger charge is 2.32. The fourth-order valence-corrected chi connectivity index (χ4v) is 2.11. The molecule has 1 atom stereocenters. The number of nitrogens with two attached hydrogens (primary N) is 1.